The summed E-state index contributed by atoms with van der Waals surface area (Å²) < 4.78 is 0. The zero-order chi connectivity index (χ0) is 15.6. The number of rotatable bonds is 3. The van der Waals surface area contributed by atoms with Crippen LogP contribution in [-0.4, -0.2) is 0 Å². The molecule has 0 saturated carbocycles. The van der Waals surface area contributed by atoms with E-state index in [1.807, 2.05) is 19.1 Å². The molecule has 0 aromatic heterocycles. The fraction of sp³-hybridized carbons (Fsp3) is 0.333. The van der Waals surface area contributed by atoms with Gasteiger partial charge in [-0.3, -0.25) is 0 Å². The van der Waals surface area contributed by atoms with E-state index in [-0.39, 0.29) is 5.41 Å². The van der Waals surface area contributed by atoms with E-state index in [9.17, 15) is 0 Å². The van der Waals surface area contributed by atoms with E-state index >= 15 is 0 Å². The van der Waals surface area contributed by atoms with Gasteiger partial charge in [0.15, 0.2) is 0 Å². The molecule has 0 amide bonds. The molecule has 0 aliphatic rings. The van der Waals surface area contributed by atoms with Gasteiger partial charge >= 0.3 is 0 Å². The fourth-order valence-corrected chi connectivity index (χ4v) is 2.55. The van der Waals surface area contributed by atoms with Crippen molar-refractivity contribution in [2.45, 2.75) is 39.7 Å². The number of halogens is 2. The standard InChI is InChI=1S/C18H21Cl2N/c1-12-9-16(20)17(10-15(12)19)21-11-13-5-7-14(8-6-13)18(2,3)4/h5-10,21H,11H2,1-4H3. The number of nitrogens with one attached hydrogen (secondary N) is 1. The lowest BCUT2D eigenvalue weighted by atomic mass is 9.87. The molecule has 0 unspecified atom stereocenters. The van der Waals surface area contributed by atoms with Crippen molar-refractivity contribution in [3.63, 3.8) is 0 Å². The third-order valence-electron chi connectivity index (χ3n) is 3.55. The van der Waals surface area contributed by atoms with Crippen molar-refractivity contribution in [3.8, 4) is 0 Å². The van der Waals surface area contributed by atoms with E-state index in [0.29, 0.717) is 5.02 Å². The molecule has 0 spiro atoms. The molecule has 0 atom stereocenters. The predicted molar refractivity (Wildman–Crippen MR) is 93.7 cm³/mol. The Morgan fingerprint density at radius 3 is 2.14 bits per heavy atom. The monoisotopic (exact) mass is 321 g/mol. The Kier molecular flexibility index (Phi) is 4.85. The molecule has 0 aliphatic heterocycles. The third kappa shape index (κ3) is 4.15. The molecule has 0 bridgehead atoms. The summed E-state index contributed by atoms with van der Waals surface area (Å²) in [5.41, 5.74) is 4.59. The van der Waals surface area contributed by atoms with Gasteiger partial charge in [0.05, 0.1) is 10.7 Å². The topological polar surface area (TPSA) is 12.0 Å². The van der Waals surface area contributed by atoms with Crippen molar-refractivity contribution in [2.24, 2.45) is 0 Å². The van der Waals surface area contributed by atoms with Gasteiger partial charge < -0.3 is 5.32 Å². The Balaban J connectivity index is 2.08. The summed E-state index contributed by atoms with van der Waals surface area (Å²) in [6.45, 7) is 9.32. The molecule has 0 heterocycles. The lowest BCUT2D eigenvalue weighted by molar-refractivity contribution is 0.590. The molecule has 0 fully saturated rings. The number of hydrogen-bond acceptors (Lipinski definition) is 1. The summed E-state index contributed by atoms with van der Waals surface area (Å²) in [4.78, 5) is 0. The Labute approximate surface area is 137 Å². The van der Waals surface area contributed by atoms with Crippen LogP contribution >= 0.6 is 23.2 Å². The molecule has 21 heavy (non-hydrogen) atoms. The first-order valence-electron chi connectivity index (χ1n) is 7.06. The highest BCUT2D eigenvalue weighted by molar-refractivity contribution is 6.35. The van der Waals surface area contributed by atoms with Crippen LogP contribution in [0.25, 0.3) is 0 Å². The first-order chi connectivity index (χ1) is 9.77. The van der Waals surface area contributed by atoms with Crippen LogP contribution < -0.4 is 5.32 Å². The number of aryl methyl sites for hydroxylation is 1. The van der Waals surface area contributed by atoms with Crippen molar-refractivity contribution < 1.29 is 0 Å². The van der Waals surface area contributed by atoms with Gasteiger partial charge in [-0.05, 0) is 41.2 Å². The summed E-state index contributed by atoms with van der Waals surface area (Å²) in [7, 11) is 0. The van der Waals surface area contributed by atoms with E-state index in [1.54, 1.807) is 0 Å². The van der Waals surface area contributed by atoms with Gasteiger partial charge in [0, 0.05) is 11.6 Å². The maximum Gasteiger partial charge on any atom is 0.0641 e. The second-order valence-corrected chi connectivity index (χ2v) is 7.20. The van der Waals surface area contributed by atoms with Crippen molar-refractivity contribution in [1.82, 2.24) is 0 Å². The quantitative estimate of drug-likeness (QED) is 0.708. The average molecular weight is 322 g/mol. The zero-order valence-electron chi connectivity index (χ0n) is 12.9. The Bertz CT molecular complexity index is 625. The van der Waals surface area contributed by atoms with Gasteiger partial charge in [0.25, 0.3) is 0 Å². The van der Waals surface area contributed by atoms with Crippen LogP contribution in [0.3, 0.4) is 0 Å². The SMILES string of the molecule is Cc1cc(Cl)c(NCc2ccc(C(C)(C)C)cc2)cc1Cl. The molecule has 2 aromatic carbocycles. The lowest BCUT2D eigenvalue weighted by Crippen LogP contribution is -2.11. The van der Waals surface area contributed by atoms with Crippen LogP contribution in [0.2, 0.25) is 10.0 Å². The molecular weight excluding hydrogens is 301 g/mol. The Hall–Kier alpha value is -1.18. The minimum Gasteiger partial charge on any atom is -0.380 e. The van der Waals surface area contributed by atoms with Crippen LogP contribution in [0.1, 0.15) is 37.5 Å². The zero-order valence-corrected chi connectivity index (χ0v) is 14.4. The van der Waals surface area contributed by atoms with Crippen LogP contribution in [0.5, 0.6) is 0 Å². The highest BCUT2D eigenvalue weighted by Gasteiger charge is 2.12. The maximum absolute atomic E-state index is 6.23. The van der Waals surface area contributed by atoms with E-state index in [4.69, 9.17) is 23.2 Å². The van der Waals surface area contributed by atoms with E-state index < -0.39 is 0 Å². The van der Waals surface area contributed by atoms with E-state index in [2.05, 4.69) is 50.4 Å². The normalized spacial score (nSPS) is 11.5. The molecule has 0 radical (unpaired) electrons. The molecule has 1 N–H and O–H groups in total. The molecule has 0 saturated heterocycles. The van der Waals surface area contributed by atoms with Crippen LogP contribution in [-0.2, 0) is 12.0 Å². The van der Waals surface area contributed by atoms with Crippen LogP contribution in [0.4, 0.5) is 5.69 Å². The van der Waals surface area contributed by atoms with Gasteiger partial charge in [-0.2, -0.15) is 0 Å². The molecule has 2 aromatic rings. The number of anilines is 1. The minimum atomic E-state index is 0.180. The second-order valence-electron chi connectivity index (χ2n) is 6.38. The van der Waals surface area contributed by atoms with Gasteiger partial charge in [-0.1, -0.05) is 68.2 Å². The molecular formula is C18H21Cl2N. The summed E-state index contributed by atoms with van der Waals surface area (Å²) in [6, 6.07) is 12.4. The average Bonchev–Trinajstić information content (AvgIpc) is 2.41. The predicted octanol–water partition coefficient (Wildman–Crippen LogP) is 6.21. The molecule has 2 rings (SSSR count). The van der Waals surface area contributed by atoms with Gasteiger partial charge in [0.1, 0.15) is 0 Å². The third-order valence-corrected chi connectivity index (χ3v) is 4.27. The van der Waals surface area contributed by atoms with E-state index in [0.717, 1.165) is 22.8 Å². The fourth-order valence-electron chi connectivity index (χ4n) is 2.10. The Morgan fingerprint density at radius 1 is 0.952 bits per heavy atom. The van der Waals surface area contributed by atoms with Crippen LogP contribution in [0, 0.1) is 6.92 Å². The summed E-state index contributed by atoms with van der Waals surface area (Å²) in [6.07, 6.45) is 0. The van der Waals surface area contributed by atoms with Crippen LogP contribution in [0.15, 0.2) is 36.4 Å². The first-order valence-corrected chi connectivity index (χ1v) is 7.82. The van der Waals surface area contributed by atoms with Gasteiger partial charge in [-0.25, -0.2) is 0 Å². The van der Waals surface area contributed by atoms with E-state index in [1.165, 1.54) is 11.1 Å². The second kappa shape index (κ2) is 6.29. The largest absolute Gasteiger partial charge is 0.380 e. The molecule has 112 valence electrons. The lowest BCUT2D eigenvalue weighted by Gasteiger charge is -2.19. The van der Waals surface area contributed by atoms with Gasteiger partial charge in [-0.15, -0.1) is 0 Å². The van der Waals surface area contributed by atoms with Crippen molar-refractivity contribution in [3.05, 3.63) is 63.1 Å². The molecule has 0 aliphatic carbocycles. The highest BCUT2D eigenvalue weighted by atomic mass is 35.5. The molecule has 3 heteroatoms. The maximum atomic E-state index is 6.23. The minimum absolute atomic E-state index is 0.180. The summed E-state index contributed by atoms with van der Waals surface area (Å²) >= 11 is 12.4. The highest BCUT2D eigenvalue weighted by Crippen LogP contribution is 2.29. The number of hydrogen-bond donors (Lipinski definition) is 1. The summed E-state index contributed by atoms with van der Waals surface area (Å²) in [5.74, 6) is 0. The first kappa shape index (κ1) is 16.2. The van der Waals surface area contributed by atoms with Crippen molar-refractivity contribution in [2.75, 3.05) is 5.32 Å². The number of benzene rings is 2. The Morgan fingerprint density at radius 2 is 1.57 bits per heavy atom. The molecule has 1 nitrogen and oxygen atoms in total. The van der Waals surface area contributed by atoms with Crippen molar-refractivity contribution >= 4 is 28.9 Å². The van der Waals surface area contributed by atoms with Gasteiger partial charge in [0.2, 0.25) is 0 Å². The van der Waals surface area contributed by atoms with Crippen molar-refractivity contribution in [1.29, 1.82) is 0 Å². The summed E-state index contributed by atoms with van der Waals surface area (Å²) in [5, 5.41) is 4.76. The smallest absolute Gasteiger partial charge is 0.0641 e.